The van der Waals surface area contributed by atoms with Crippen LogP contribution in [0.2, 0.25) is 0 Å². The number of thioether (sulfide) groups is 1. The number of benzene rings is 2. The third-order valence-electron chi connectivity index (χ3n) is 3.41. The fourth-order valence-electron chi connectivity index (χ4n) is 2.18. The Morgan fingerprint density at radius 3 is 2.70 bits per heavy atom. The zero-order valence-corrected chi connectivity index (χ0v) is 16.2. The summed E-state index contributed by atoms with van der Waals surface area (Å²) in [6.07, 6.45) is 1.60. The van der Waals surface area contributed by atoms with Crippen LogP contribution in [0.5, 0.6) is 5.75 Å². The van der Waals surface area contributed by atoms with Gasteiger partial charge in [0.05, 0.1) is 12.8 Å². The molecule has 2 aromatic carbocycles. The summed E-state index contributed by atoms with van der Waals surface area (Å²) < 4.78 is 10.6. The zero-order chi connectivity index (χ0) is 19.5. The van der Waals surface area contributed by atoms with Crippen molar-refractivity contribution < 1.29 is 14.3 Å². The van der Waals surface area contributed by atoms with Crippen LogP contribution in [0.4, 0.5) is 0 Å². The van der Waals surface area contributed by atoms with Gasteiger partial charge in [0.2, 0.25) is 0 Å². The molecule has 0 heterocycles. The number of hydrogen-bond donors (Lipinski definition) is 1. The van der Waals surface area contributed by atoms with Crippen molar-refractivity contribution in [3.8, 4) is 5.75 Å². The average Bonchev–Trinajstić information content (AvgIpc) is 2.67. The Labute approximate surface area is 163 Å². The normalized spacial score (nSPS) is 11.6. The number of rotatable bonds is 8. The third kappa shape index (κ3) is 7.53. The molecule has 6 nitrogen and oxygen atoms in total. The van der Waals surface area contributed by atoms with Crippen LogP contribution in [-0.2, 0) is 21.9 Å². The van der Waals surface area contributed by atoms with E-state index in [0.29, 0.717) is 17.5 Å². The number of nitrogens with zero attached hydrogens (tertiary/aromatic N) is 2. The molecule has 0 aliphatic carbocycles. The summed E-state index contributed by atoms with van der Waals surface area (Å²) in [5.41, 5.74) is 8.63. The van der Waals surface area contributed by atoms with E-state index in [4.69, 9.17) is 15.2 Å². The standard InChI is InChI=1S/C20H23N3O3S/c1-3-25-19-10-9-17(11-18(19)13-26-15(2)24)12-22-23-20(21)27-14-16-7-5-4-6-8-16/h4-12H,3,13-14H2,1-2H3,(H2,21,23). The van der Waals surface area contributed by atoms with Crippen LogP contribution >= 0.6 is 11.8 Å². The molecule has 27 heavy (non-hydrogen) atoms. The first-order valence-corrected chi connectivity index (χ1v) is 9.49. The van der Waals surface area contributed by atoms with E-state index in [0.717, 1.165) is 16.9 Å². The van der Waals surface area contributed by atoms with Crippen LogP contribution in [-0.4, -0.2) is 24.0 Å². The first-order chi connectivity index (χ1) is 13.1. The topological polar surface area (TPSA) is 86.3 Å². The second kappa shape index (κ2) is 11.0. The van der Waals surface area contributed by atoms with Gasteiger partial charge in [0.25, 0.3) is 0 Å². The van der Waals surface area contributed by atoms with Crippen molar-refractivity contribution in [2.24, 2.45) is 15.9 Å². The first-order valence-electron chi connectivity index (χ1n) is 8.50. The first kappa shape index (κ1) is 20.5. The molecule has 0 amide bonds. The summed E-state index contributed by atoms with van der Waals surface area (Å²) in [5.74, 6) is 1.07. The average molecular weight is 385 g/mol. The molecule has 2 rings (SSSR count). The Morgan fingerprint density at radius 2 is 2.00 bits per heavy atom. The minimum Gasteiger partial charge on any atom is -0.493 e. The Bertz CT molecular complexity index is 807. The molecule has 7 heteroatoms. The van der Waals surface area contributed by atoms with Crippen molar-refractivity contribution in [2.75, 3.05) is 6.61 Å². The maximum atomic E-state index is 11.1. The number of nitrogens with two attached hydrogens (primary N) is 1. The fraction of sp³-hybridized carbons (Fsp3) is 0.250. The number of carbonyl (C=O) groups is 1. The van der Waals surface area contributed by atoms with Gasteiger partial charge in [-0.2, -0.15) is 5.10 Å². The molecule has 2 N–H and O–H groups in total. The van der Waals surface area contributed by atoms with Gasteiger partial charge in [-0.3, -0.25) is 4.79 Å². The van der Waals surface area contributed by atoms with Crippen LogP contribution in [0.1, 0.15) is 30.5 Å². The molecule has 0 unspecified atom stereocenters. The Kier molecular flexibility index (Phi) is 8.38. The lowest BCUT2D eigenvalue weighted by Crippen LogP contribution is -2.06. The predicted molar refractivity (Wildman–Crippen MR) is 110 cm³/mol. The summed E-state index contributed by atoms with van der Waals surface area (Å²) in [6, 6.07) is 15.5. The van der Waals surface area contributed by atoms with Gasteiger partial charge in [-0.25, -0.2) is 0 Å². The fourth-order valence-corrected chi connectivity index (χ4v) is 2.79. The Hall–Kier alpha value is -2.80. The molecule has 2 aromatic rings. The highest BCUT2D eigenvalue weighted by Crippen LogP contribution is 2.21. The number of amidine groups is 1. The maximum absolute atomic E-state index is 11.1. The lowest BCUT2D eigenvalue weighted by Gasteiger charge is -2.10. The van der Waals surface area contributed by atoms with Crippen LogP contribution in [0.3, 0.4) is 0 Å². The van der Waals surface area contributed by atoms with Gasteiger partial charge in [0.15, 0.2) is 5.17 Å². The van der Waals surface area contributed by atoms with Gasteiger partial charge in [-0.05, 0) is 36.2 Å². The molecule has 0 atom stereocenters. The molecule has 0 saturated carbocycles. The zero-order valence-electron chi connectivity index (χ0n) is 15.4. The van der Waals surface area contributed by atoms with Crippen molar-refractivity contribution in [1.29, 1.82) is 0 Å². The van der Waals surface area contributed by atoms with Crippen molar-refractivity contribution in [3.05, 3.63) is 65.2 Å². The van der Waals surface area contributed by atoms with Gasteiger partial charge >= 0.3 is 5.97 Å². The van der Waals surface area contributed by atoms with Crippen LogP contribution in [0.15, 0.2) is 58.7 Å². The van der Waals surface area contributed by atoms with E-state index in [-0.39, 0.29) is 12.6 Å². The summed E-state index contributed by atoms with van der Waals surface area (Å²) in [6.45, 7) is 3.94. The van der Waals surface area contributed by atoms with Gasteiger partial charge in [0, 0.05) is 18.2 Å². The molecule has 0 fully saturated rings. The molecule has 0 bridgehead atoms. The van der Waals surface area contributed by atoms with E-state index in [1.807, 2.05) is 55.5 Å². The molecule has 0 radical (unpaired) electrons. The monoisotopic (exact) mass is 385 g/mol. The van der Waals surface area contributed by atoms with Crippen molar-refractivity contribution in [2.45, 2.75) is 26.2 Å². The number of carbonyl (C=O) groups excluding carboxylic acids is 1. The number of hydrogen-bond acceptors (Lipinski definition) is 6. The lowest BCUT2D eigenvalue weighted by atomic mass is 10.1. The Morgan fingerprint density at radius 1 is 1.22 bits per heavy atom. The van der Waals surface area contributed by atoms with Gasteiger partial charge < -0.3 is 15.2 Å². The van der Waals surface area contributed by atoms with E-state index in [2.05, 4.69) is 10.2 Å². The van der Waals surface area contributed by atoms with Gasteiger partial charge in [0.1, 0.15) is 12.4 Å². The molecule has 0 aromatic heterocycles. The summed E-state index contributed by atoms with van der Waals surface area (Å²) in [4.78, 5) is 11.1. The quantitative estimate of drug-likeness (QED) is 0.324. The molecular weight excluding hydrogens is 362 g/mol. The number of ether oxygens (including phenoxy) is 2. The van der Waals surface area contributed by atoms with Crippen LogP contribution in [0.25, 0.3) is 0 Å². The maximum Gasteiger partial charge on any atom is 0.302 e. The molecular formula is C20H23N3O3S. The molecule has 0 aliphatic rings. The summed E-state index contributed by atoms with van der Waals surface area (Å²) >= 11 is 1.42. The second-order valence-corrected chi connectivity index (χ2v) is 6.53. The Balaban J connectivity index is 1.99. The SMILES string of the molecule is CCOc1ccc(C=NN=C(N)SCc2ccccc2)cc1COC(C)=O. The van der Waals surface area contributed by atoms with Crippen LogP contribution in [0, 0.1) is 0 Å². The van der Waals surface area contributed by atoms with E-state index in [1.54, 1.807) is 6.21 Å². The molecule has 0 saturated heterocycles. The van der Waals surface area contributed by atoms with Crippen molar-refractivity contribution >= 4 is 29.1 Å². The summed E-state index contributed by atoms with van der Waals surface area (Å²) in [7, 11) is 0. The minimum atomic E-state index is -0.343. The molecule has 0 spiro atoms. The smallest absolute Gasteiger partial charge is 0.302 e. The highest BCUT2D eigenvalue weighted by atomic mass is 32.2. The third-order valence-corrected chi connectivity index (χ3v) is 4.26. The second-order valence-electron chi connectivity index (χ2n) is 5.54. The molecule has 142 valence electrons. The molecule has 0 aliphatic heterocycles. The van der Waals surface area contributed by atoms with Crippen molar-refractivity contribution in [1.82, 2.24) is 0 Å². The minimum absolute atomic E-state index is 0.144. The van der Waals surface area contributed by atoms with Gasteiger partial charge in [-0.15, -0.1) is 5.10 Å². The highest BCUT2D eigenvalue weighted by Gasteiger charge is 2.06. The van der Waals surface area contributed by atoms with E-state index in [1.165, 1.54) is 24.2 Å². The van der Waals surface area contributed by atoms with Crippen LogP contribution < -0.4 is 10.5 Å². The van der Waals surface area contributed by atoms with Crippen molar-refractivity contribution in [3.63, 3.8) is 0 Å². The van der Waals surface area contributed by atoms with E-state index in [9.17, 15) is 4.79 Å². The van der Waals surface area contributed by atoms with Gasteiger partial charge in [-0.1, -0.05) is 42.1 Å². The lowest BCUT2D eigenvalue weighted by molar-refractivity contribution is -0.142. The predicted octanol–water partition coefficient (Wildman–Crippen LogP) is 3.73. The highest BCUT2D eigenvalue weighted by molar-refractivity contribution is 8.13. The van der Waals surface area contributed by atoms with E-state index < -0.39 is 0 Å². The van der Waals surface area contributed by atoms with E-state index >= 15 is 0 Å². The number of esters is 1. The largest absolute Gasteiger partial charge is 0.493 e. The summed E-state index contributed by atoms with van der Waals surface area (Å²) in [5, 5.41) is 8.43.